The first kappa shape index (κ1) is 8.48. The summed E-state index contributed by atoms with van der Waals surface area (Å²) in [5, 5.41) is 11.2. The summed E-state index contributed by atoms with van der Waals surface area (Å²) in [7, 11) is 0. The average Bonchev–Trinajstić information content (AvgIpc) is 2.02. The Morgan fingerprint density at radius 3 is 2.92 bits per heavy atom. The summed E-state index contributed by atoms with van der Waals surface area (Å²) in [6, 6.07) is 4.40. The van der Waals surface area contributed by atoms with Crippen LogP contribution in [-0.4, -0.2) is 16.2 Å². The summed E-state index contributed by atoms with van der Waals surface area (Å²) >= 11 is 0. The lowest BCUT2D eigenvalue weighted by Gasteiger charge is -2.31. The van der Waals surface area contributed by atoms with Gasteiger partial charge in [-0.05, 0) is 37.8 Å². The number of hydrogen-bond donors (Lipinski definition) is 1. The van der Waals surface area contributed by atoms with Crippen LogP contribution in [-0.2, 0) is 0 Å². The molecule has 70 valence electrons. The second-order valence-corrected chi connectivity index (χ2v) is 3.73. The Hall–Kier alpha value is -1.12. The van der Waals surface area contributed by atoms with Crippen LogP contribution >= 0.6 is 0 Å². The van der Waals surface area contributed by atoms with Crippen LogP contribution in [0.4, 0.5) is 5.82 Å². The molecule has 1 aliphatic rings. The van der Waals surface area contributed by atoms with Gasteiger partial charge in [-0.25, -0.2) is 0 Å². The minimum absolute atomic E-state index is 0.533. The van der Waals surface area contributed by atoms with Crippen LogP contribution in [0.3, 0.4) is 0 Å². The topological polar surface area (TPSA) is 37.8 Å². The monoisotopic (exact) mass is 177 g/mol. The van der Waals surface area contributed by atoms with E-state index in [0.29, 0.717) is 6.04 Å². The lowest BCUT2D eigenvalue weighted by molar-refractivity contribution is 0.285. The highest BCUT2D eigenvalue weighted by Gasteiger charge is 2.23. The maximum absolute atomic E-state index is 4.00. The van der Waals surface area contributed by atoms with Crippen molar-refractivity contribution in [1.82, 2.24) is 10.2 Å². The Labute approximate surface area is 78.6 Å². The van der Waals surface area contributed by atoms with E-state index in [2.05, 4.69) is 22.4 Å². The molecule has 1 fully saturated rings. The summed E-state index contributed by atoms with van der Waals surface area (Å²) in [5.74, 6) is 1.73. The second kappa shape index (κ2) is 3.73. The van der Waals surface area contributed by atoms with Crippen molar-refractivity contribution in [2.45, 2.75) is 32.2 Å². The Kier molecular flexibility index (Phi) is 2.43. The van der Waals surface area contributed by atoms with E-state index >= 15 is 0 Å². The third-order valence-corrected chi connectivity index (χ3v) is 2.80. The number of nitrogens with one attached hydrogen (secondary N) is 1. The first-order valence-electron chi connectivity index (χ1n) is 4.90. The molecule has 0 radical (unpaired) electrons. The third-order valence-electron chi connectivity index (χ3n) is 2.80. The van der Waals surface area contributed by atoms with Crippen LogP contribution in [0.25, 0.3) is 0 Å². The Bertz CT molecular complexity index is 256. The molecule has 1 aromatic rings. The average molecular weight is 177 g/mol. The molecule has 1 saturated carbocycles. The van der Waals surface area contributed by atoms with Crippen molar-refractivity contribution in [2.24, 2.45) is 5.92 Å². The lowest BCUT2D eigenvalue weighted by Crippen LogP contribution is -2.31. The number of aromatic nitrogens is 2. The molecule has 0 bridgehead atoms. The number of hydrogen-bond acceptors (Lipinski definition) is 3. The SMILES string of the molecule is C[C@H](Nc1cccnn1)C1CCC1. The number of nitrogens with zero attached hydrogens (tertiary/aromatic N) is 2. The zero-order valence-electron chi connectivity index (χ0n) is 7.90. The second-order valence-electron chi connectivity index (χ2n) is 3.73. The molecule has 0 saturated heterocycles. The Balaban J connectivity index is 1.90. The molecule has 0 amide bonds. The molecule has 1 heterocycles. The van der Waals surface area contributed by atoms with Crippen molar-refractivity contribution in [3.05, 3.63) is 18.3 Å². The van der Waals surface area contributed by atoms with Crippen LogP contribution < -0.4 is 5.32 Å². The standard InChI is InChI=1S/C10H15N3/c1-8(9-4-2-5-9)12-10-6-3-7-11-13-10/h3,6-9H,2,4-5H2,1H3,(H,12,13)/t8-/m0/s1. The van der Waals surface area contributed by atoms with Gasteiger partial charge in [0, 0.05) is 12.2 Å². The van der Waals surface area contributed by atoms with E-state index in [0.717, 1.165) is 11.7 Å². The molecule has 0 unspecified atom stereocenters. The van der Waals surface area contributed by atoms with Gasteiger partial charge in [-0.1, -0.05) is 6.42 Å². The largest absolute Gasteiger partial charge is 0.366 e. The highest BCUT2D eigenvalue weighted by molar-refractivity contribution is 5.32. The maximum Gasteiger partial charge on any atom is 0.148 e. The van der Waals surface area contributed by atoms with E-state index in [1.165, 1.54) is 19.3 Å². The Morgan fingerprint density at radius 1 is 1.54 bits per heavy atom. The smallest absolute Gasteiger partial charge is 0.148 e. The number of rotatable bonds is 3. The zero-order chi connectivity index (χ0) is 9.10. The van der Waals surface area contributed by atoms with Gasteiger partial charge in [0.05, 0.1) is 0 Å². The molecular formula is C10H15N3. The summed E-state index contributed by atoms with van der Waals surface area (Å²) < 4.78 is 0. The molecule has 3 nitrogen and oxygen atoms in total. The molecule has 1 atom stereocenters. The summed E-state index contributed by atoms with van der Waals surface area (Å²) in [5.41, 5.74) is 0. The molecule has 1 N–H and O–H groups in total. The molecule has 1 aromatic heterocycles. The van der Waals surface area contributed by atoms with E-state index in [9.17, 15) is 0 Å². The van der Waals surface area contributed by atoms with Crippen LogP contribution in [0, 0.1) is 5.92 Å². The van der Waals surface area contributed by atoms with Gasteiger partial charge in [-0.3, -0.25) is 0 Å². The van der Waals surface area contributed by atoms with Crippen molar-refractivity contribution < 1.29 is 0 Å². The van der Waals surface area contributed by atoms with E-state index in [-0.39, 0.29) is 0 Å². The van der Waals surface area contributed by atoms with Crippen LogP contribution in [0.2, 0.25) is 0 Å². The van der Waals surface area contributed by atoms with Gasteiger partial charge in [0.1, 0.15) is 5.82 Å². The van der Waals surface area contributed by atoms with Crippen LogP contribution in [0.1, 0.15) is 26.2 Å². The van der Waals surface area contributed by atoms with Crippen molar-refractivity contribution in [1.29, 1.82) is 0 Å². The van der Waals surface area contributed by atoms with E-state index < -0.39 is 0 Å². The van der Waals surface area contributed by atoms with Gasteiger partial charge in [-0.2, -0.15) is 5.10 Å². The van der Waals surface area contributed by atoms with Crippen molar-refractivity contribution in [3.63, 3.8) is 0 Å². The van der Waals surface area contributed by atoms with E-state index in [1.807, 2.05) is 12.1 Å². The lowest BCUT2D eigenvalue weighted by atomic mass is 9.80. The van der Waals surface area contributed by atoms with Crippen molar-refractivity contribution in [2.75, 3.05) is 5.32 Å². The van der Waals surface area contributed by atoms with Crippen molar-refractivity contribution in [3.8, 4) is 0 Å². The maximum atomic E-state index is 4.00. The molecule has 1 aliphatic carbocycles. The Morgan fingerprint density at radius 2 is 2.38 bits per heavy atom. The number of anilines is 1. The predicted octanol–water partition coefficient (Wildman–Crippen LogP) is 2.08. The van der Waals surface area contributed by atoms with Gasteiger partial charge in [0.2, 0.25) is 0 Å². The summed E-state index contributed by atoms with van der Waals surface area (Å²) in [6.07, 6.45) is 5.79. The van der Waals surface area contributed by atoms with Crippen LogP contribution in [0.5, 0.6) is 0 Å². The highest BCUT2D eigenvalue weighted by atomic mass is 15.2. The molecule has 3 heteroatoms. The molecule has 13 heavy (non-hydrogen) atoms. The quantitative estimate of drug-likeness (QED) is 0.768. The molecule has 0 aliphatic heterocycles. The highest BCUT2D eigenvalue weighted by Crippen LogP contribution is 2.30. The van der Waals surface area contributed by atoms with Gasteiger partial charge in [0.25, 0.3) is 0 Å². The summed E-state index contributed by atoms with van der Waals surface area (Å²) in [6.45, 7) is 2.22. The fraction of sp³-hybridized carbons (Fsp3) is 0.600. The van der Waals surface area contributed by atoms with Crippen LogP contribution in [0.15, 0.2) is 18.3 Å². The normalized spacial score (nSPS) is 19.2. The minimum Gasteiger partial charge on any atom is -0.366 e. The van der Waals surface area contributed by atoms with Gasteiger partial charge >= 0.3 is 0 Å². The van der Waals surface area contributed by atoms with Gasteiger partial charge < -0.3 is 5.32 Å². The third kappa shape index (κ3) is 1.97. The molecule has 0 spiro atoms. The summed E-state index contributed by atoms with van der Waals surface area (Å²) in [4.78, 5) is 0. The van der Waals surface area contributed by atoms with Gasteiger partial charge in [0.15, 0.2) is 0 Å². The van der Waals surface area contributed by atoms with Crippen molar-refractivity contribution >= 4 is 5.82 Å². The van der Waals surface area contributed by atoms with E-state index in [4.69, 9.17) is 0 Å². The predicted molar refractivity (Wildman–Crippen MR) is 52.5 cm³/mol. The van der Waals surface area contributed by atoms with E-state index in [1.54, 1.807) is 6.20 Å². The molecule has 2 rings (SSSR count). The molecular weight excluding hydrogens is 162 g/mol. The first-order chi connectivity index (χ1) is 6.36. The fourth-order valence-corrected chi connectivity index (χ4v) is 1.67. The zero-order valence-corrected chi connectivity index (χ0v) is 7.90. The molecule has 0 aromatic carbocycles. The minimum atomic E-state index is 0.533. The van der Waals surface area contributed by atoms with Gasteiger partial charge in [-0.15, -0.1) is 5.10 Å². The fourth-order valence-electron chi connectivity index (χ4n) is 1.67. The first-order valence-corrected chi connectivity index (χ1v) is 4.90.